The van der Waals surface area contributed by atoms with Gasteiger partial charge in [-0.05, 0) is 41.7 Å². The number of amides is 2. The van der Waals surface area contributed by atoms with Crippen LogP contribution in [0.4, 0.5) is 16.2 Å². The second-order valence-corrected chi connectivity index (χ2v) is 11.7. The first-order valence-corrected chi connectivity index (χ1v) is 16.7. The third-order valence-electron chi connectivity index (χ3n) is 7.40. The number of anilines is 2. The molecule has 0 aliphatic carbocycles. The van der Waals surface area contributed by atoms with E-state index in [9.17, 15) is 4.79 Å². The fourth-order valence-corrected chi connectivity index (χ4v) is 5.73. The van der Waals surface area contributed by atoms with E-state index in [2.05, 4.69) is 34.1 Å². The molecule has 0 aromatic heterocycles. The van der Waals surface area contributed by atoms with Gasteiger partial charge in [0.1, 0.15) is 0 Å². The van der Waals surface area contributed by atoms with E-state index in [-0.39, 0.29) is 6.03 Å². The molecule has 6 nitrogen and oxygen atoms in total. The highest BCUT2D eigenvalue weighted by molar-refractivity contribution is 8.02. The minimum atomic E-state index is -0.314. The first-order valence-electron chi connectivity index (χ1n) is 15.7. The molecule has 1 aliphatic rings. The van der Waals surface area contributed by atoms with E-state index in [0.29, 0.717) is 23.8 Å². The van der Waals surface area contributed by atoms with Crippen LogP contribution >= 0.6 is 11.8 Å². The van der Waals surface area contributed by atoms with Gasteiger partial charge in [-0.25, -0.2) is 4.79 Å². The second kappa shape index (κ2) is 20.1. The van der Waals surface area contributed by atoms with Crippen LogP contribution in [0.3, 0.4) is 0 Å². The van der Waals surface area contributed by atoms with E-state index >= 15 is 0 Å². The molecule has 2 aromatic carbocycles. The summed E-state index contributed by atoms with van der Waals surface area (Å²) in [5, 5.41) is 7.96. The number of carbonyl (C=O) groups excluding carboxylic acids is 1. The molecule has 2 N–H and O–H groups in total. The Balaban J connectivity index is 1.31. The maximum absolute atomic E-state index is 12.8. The van der Waals surface area contributed by atoms with Crippen molar-refractivity contribution in [3.8, 4) is 11.5 Å². The molecule has 0 spiro atoms. The lowest BCUT2D eigenvalue weighted by Crippen LogP contribution is -2.20. The lowest BCUT2D eigenvalue weighted by Gasteiger charge is -2.16. The average molecular weight is 582 g/mol. The van der Waals surface area contributed by atoms with Crippen molar-refractivity contribution in [1.29, 1.82) is 0 Å². The Morgan fingerprint density at radius 3 is 2.05 bits per heavy atom. The van der Waals surface area contributed by atoms with E-state index < -0.39 is 0 Å². The summed E-state index contributed by atoms with van der Waals surface area (Å²) in [6.45, 7) is 3.74. The quantitative estimate of drug-likeness (QED) is 0.144. The Bertz CT molecular complexity index is 1030. The number of rotatable bonds is 21. The van der Waals surface area contributed by atoms with Crippen LogP contribution in [-0.2, 0) is 6.54 Å². The van der Waals surface area contributed by atoms with Crippen molar-refractivity contribution in [3.05, 3.63) is 59.6 Å². The van der Waals surface area contributed by atoms with Crippen LogP contribution in [0.5, 0.6) is 11.5 Å². The molecule has 0 radical (unpaired) electrons. The largest absolute Gasteiger partial charge is 0.493 e. The first-order chi connectivity index (χ1) is 20.2. The van der Waals surface area contributed by atoms with Crippen molar-refractivity contribution >= 4 is 29.2 Å². The maximum atomic E-state index is 12.8. The molecule has 1 heterocycles. The van der Waals surface area contributed by atoms with E-state index in [1.807, 2.05) is 42.5 Å². The van der Waals surface area contributed by atoms with Gasteiger partial charge in [0, 0.05) is 18.4 Å². The number of urea groups is 1. The maximum Gasteiger partial charge on any atom is 0.323 e. The number of para-hydroxylation sites is 1. The zero-order valence-electron chi connectivity index (χ0n) is 25.3. The van der Waals surface area contributed by atoms with Crippen molar-refractivity contribution in [1.82, 2.24) is 4.90 Å². The first kappa shape index (κ1) is 32.7. The van der Waals surface area contributed by atoms with Gasteiger partial charge in [-0.15, -0.1) is 11.8 Å². The lowest BCUT2D eigenvalue weighted by molar-refractivity contribution is 0.261. The van der Waals surface area contributed by atoms with Crippen LogP contribution in [0.2, 0.25) is 0 Å². The van der Waals surface area contributed by atoms with Gasteiger partial charge in [0.25, 0.3) is 0 Å². The number of nitrogens with one attached hydrogen (secondary N) is 2. The molecular formula is C34H51N3O3S. The Hall–Kier alpha value is -2.80. The van der Waals surface area contributed by atoms with Crippen LogP contribution in [0.1, 0.15) is 102 Å². The molecule has 1 aliphatic heterocycles. The molecule has 3 rings (SSSR count). The molecule has 2 aromatic rings. The SMILES string of the molecule is CCCCCCCCCCCCCCCCOc1c(NC(=O)Nc2ccc(CN3C=CSC3)cc2)cccc1OC. The van der Waals surface area contributed by atoms with Gasteiger partial charge in [0.2, 0.25) is 0 Å². The van der Waals surface area contributed by atoms with Gasteiger partial charge in [-0.1, -0.05) is 109 Å². The molecule has 226 valence electrons. The number of nitrogens with zero attached hydrogens (tertiary/aromatic N) is 1. The number of hydrogen-bond acceptors (Lipinski definition) is 5. The van der Waals surface area contributed by atoms with Crippen LogP contribution in [0, 0.1) is 0 Å². The van der Waals surface area contributed by atoms with Gasteiger partial charge in [-0.3, -0.25) is 0 Å². The summed E-state index contributed by atoms with van der Waals surface area (Å²) in [7, 11) is 1.62. The Morgan fingerprint density at radius 2 is 1.46 bits per heavy atom. The van der Waals surface area contributed by atoms with E-state index in [1.54, 1.807) is 18.9 Å². The number of thioether (sulfide) groups is 1. The van der Waals surface area contributed by atoms with E-state index in [0.717, 1.165) is 31.0 Å². The minimum Gasteiger partial charge on any atom is -0.493 e. The molecule has 41 heavy (non-hydrogen) atoms. The molecule has 0 saturated heterocycles. The Kier molecular flexibility index (Phi) is 16.1. The highest BCUT2D eigenvalue weighted by atomic mass is 32.2. The summed E-state index contributed by atoms with van der Waals surface area (Å²) in [5.41, 5.74) is 2.54. The number of methoxy groups -OCH3 is 1. The molecule has 0 atom stereocenters. The van der Waals surface area contributed by atoms with E-state index in [4.69, 9.17) is 9.47 Å². The summed E-state index contributed by atoms with van der Waals surface area (Å²) in [5.74, 6) is 2.17. The molecule has 0 fully saturated rings. The predicted molar refractivity (Wildman–Crippen MR) is 175 cm³/mol. The van der Waals surface area contributed by atoms with Gasteiger partial charge < -0.3 is 25.0 Å². The van der Waals surface area contributed by atoms with Crippen molar-refractivity contribution < 1.29 is 14.3 Å². The molecule has 2 amide bonds. The van der Waals surface area contributed by atoms with Crippen molar-refractivity contribution in [3.63, 3.8) is 0 Å². The van der Waals surface area contributed by atoms with Gasteiger partial charge in [0.05, 0.1) is 25.3 Å². The normalized spacial score (nSPS) is 12.5. The summed E-state index contributed by atoms with van der Waals surface area (Å²) in [6, 6.07) is 13.2. The standard InChI is InChI=1S/C34H51N3O3S/c1-3-4-5-6-7-8-9-10-11-12-13-14-15-16-25-40-33-31(18-17-19-32(33)39-2)36-34(38)35-30-22-20-29(21-23-30)27-37-24-26-41-28-37/h17-24,26H,3-16,25,27-28H2,1-2H3,(H2,35,36,38). The van der Waals surface area contributed by atoms with Gasteiger partial charge in [-0.2, -0.15) is 0 Å². The Labute approximate surface area is 252 Å². The number of benzene rings is 2. The van der Waals surface area contributed by atoms with Crippen LogP contribution < -0.4 is 20.1 Å². The van der Waals surface area contributed by atoms with Crippen molar-refractivity contribution in [2.75, 3.05) is 30.2 Å². The topological polar surface area (TPSA) is 62.8 Å². The fourth-order valence-electron chi connectivity index (χ4n) is 5.02. The smallest absolute Gasteiger partial charge is 0.323 e. The molecule has 0 saturated carbocycles. The monoisotopic (exact) mass is 581 g/mol. The second-order valence-electron chi connectivity index (χ2n) is 10.9. The van der Waals surface area contributed by atoms with E-state index in [1.165, 1.54) is 82.6 Å². The fraction of sp³-hybridized carbons (Fsp3) is 0.559. The zero-order valence-corrected chi connectivity index (χ0v) is 26.1. The number of unbranched alkanes of at least 4 members (excludes halogenated alkanes) is 13. The lowest BCUT2D eigenvalue weighted by atomic mass is 10.0. The third-order valence-corrected chi connectivity index (χ3v) is 8.19. The van der Waals surface area contributed by atoms with Crippen LogP contribution in [0.25, 0.3) is 0 Å². The molecular weight excluding hydrogens is 530 g/mol. The zero-order chi connectivity index (χ0) is 29.0. The number of carbonyl (C=O) groups is 1. The van der Waals surface area contributed by atoms with Crippen LogP contribution in [-0.4, -0.2) is 30.5 Å². The summed E-state index contributed by atoms with van der Waals surface area (Å²) in [6.07, 6.45) is 20.7. The molecule has 7 heteroatoms. The summed E-state index contributed by atoms with van der Waals surface area (Å²) >= 11 is 1.79. The summed E-state index contributed by atoms with van der Waals surface area (Å²) in [4.78, 5) is 15.0. The Morgan fingerprint density at radius 1 is 0.829 bits per heavy atom. The van der Waals surface area contributed by atoms with Crippen LogP contribution in [0.15, 0.2) is 54.1 Å². The highest BCUT2D eigenvalue weighted by Crippen LogP contribution is 2.35. The molecule has 0 bridgehead atoms. The summed E-state index contributed by atoms with van der Waals surface area (Å²) < 4.78 is 11.6. The number of hydrogen-bond donors (Lipinski definition) is 2. The number of ether oxygens (including phenoxy) is 2. The van der Waals surface area contributed by atoms with Crippen molar-refractivity contribution in [2.24, 2.45) is 0 Å². The highest BCUT2D eigenvalue weighted by Gasteiger charge is 2.14. The van der Waals surface area contributed by atoms with Gasteiger partial charge >= 0.3 is 6.03 Å². The predicted octanol–water partition coefficient (Wildman–Crippen LogP) is 10.2. The molecule has 0 unspecified atom stereocenters. The average Bonchev–Trinajstić information content (AvgIpc) is 3.49. The third kappa shape index (κ3) is 13.2. The minimum absolute atomic E-state index is 0.314. The van der Waals surface area contributed by atoms with Gasteiger partial charge in [0.15, 0.2) is 11.5 Å². The van der Waals surface area contributed by atoms with Crippen molar-refractivity contribution in [2.45, 2.75) is 103 Å².